The van der Waals surface area contributed by atoms with Crippen molar-refractivity contribution in [1.29, 1.82) is 0 Å². The van der Waals surface area contributed by atoms with Crippen molar-refractivity contribution in [3.8, 4) is 0 Å². The lowest BCUT2D eigenvalue weighted by Crippen LogP contribution is -2.34. The van der Waals surface area contributed by atoms with Crippen molar-refractivity contribution in [3.05, 3.63) is 106 Å². The van der Waals surface area contributed by atoms with Crippen LogP contribution in [0.5, 0.6) is 0 Å². The molecule has 0 saturated heterocycles. The number of hydrogen-bond donors (Lipinski definition) is 1. The molecule has 0 aliphatic carbocycles. The van der Waals surface area contributed by atoms with Gasteiger partial charge in [0.25, 0.3) is 11.8 Å². The molecule has 0 aromatic heterocycles. The Hall–Kier alpha value is -3.37. The van der Waals surface area contributed by atoms with E-state index in [2.05, 4.69) is 5.32 Å². The van der Waals surface area contributed by atoms with Crippen molar-refractivity contribution in [2.75, 3.05) is 11.9 Å². The molecule has 0 bridgehead atoms. The lowest BCUT2D eigenvalue weighted by atomic mass is 10.0. The van der Waals surface area contributed by atoms with Crippen LogP contribution in [-0.4, -0.2) is 23.3 Å². The molecule has 30 heavy (non-hydrogen) atoms. The van der Waals surface area contributed by atoms with Gasteiger partial charge in [-0.2, -0.15) is 0 Å². The fraction of sp³-hybridized carbons (Fsp3) is 0.120. The highest BCUT2D eigenvalue weighted by Gasteiger charge is 2.38. The number of nitrogens with one attached hydrogen (secondary N) is 1. The second-order valence-corrected chi connectivity index (χ2v) is 7.61. The average Bonchev–Trinajstić information content (AvgIpc) is 3.00. The number of amides is 2. The van der Waals surface area contributed by atoms with E-state index < -0.39 is 0 Å². The van der Waals surface area contributed by atoms with E-state index >= 15 is 0 Å². The quantitative estimate of drug-likeness (QED) is 0.570. The topological polar surface area (TPSA) is 49.4 Å². The number of halogens is 1. The van der Waals surface area contributed by atoms with Gasteiger partial charge in [0, 0.05) is 17.3 Å². The van der Waals surface area contributed by atoms with Crippen LogP contribution in [0.15, 0.2) is 84.6 Å². The summed E-state index contributed by atoms with van der Waals surface area (Å²) in [5.74, 6) is -0.616. The van der Waals surface area contributed by atoms with Crippen LogP contribution in [0.25, 0.3) is 5.57 Å². The van der Waals surface area contributed by atoms with Gasteiger partial charge in [-0.3, -0.25) is 14.5 Å². The molecule has 0 spiro atoms. The molecule has 4 rings (SSSR count). The Balaban J connectivity index is 1.66. The van der Waals surface area contributed by atoms with Crippen molar-refractivity contribution in [1.82, 2.24) is 4.90 Å². The lowest BCUT2D eigenvalue weighted by Gasteiger charge is -2.15. The molecule has 3 aromatic carbocycles. The van der Waals surface area contributed by atoms with Crippen LogP contribution < -0.4 is 5.32 Å². The lowest BCUT2D eigenvalue weighted by molar-refractivity contribution is -0.136. The van der Waals surface area contributed by atoms with Gasteiger partial charge >= 0.3 is 0 Å². The van der Waals surface area contributed by atoms with E-state index in [1.807, 2.05) is 79.7 Å². The molecule has 3 aromatic rings. The first-order valence-corrected chi connectivity index (χ1v) is 10.2. The summed E-state index contributed by atoms with van der Waals surface area (Å²) in [6.45, 7) is 2.23. The Morgan fingerprint density at radius 1 is 0.867 bits per heavy atom. The highest BCUT2D eigenvalue weighted by atomic mass is 35.5. The number of carbonyl (C=O) groups is 2. The van der Waals surface area contributed by atoms with Crippen molar-refractivity contribution in [3.63, 3.8) is 0 Å². The smallest absolute Gasteiger partial charge is 0.278 e. The van der Waals surface area contributed by atoms with Crippen LogP contribution in [0, 0.1) is 6.92 Å². The van der Waals surface area contributed by atoms with Gasteiger partial charge in [-0.15, -0.1) is 0 Å². The molecule has 0 saturated carbocycles. The second-order valence-electron chi connectivity index (χ2n) is 7.20. The molecule has 1 heterocycles. The van der Waals surface area contributed by atoms with Crippen LogP contribution in [0.4, 0.5) is 5.69 Å². The van der Waals surface area contributed by atoms with E-state index in [9.17, 15) is 9.59 Å². The average molecular weight is 417 g/mol. The maximum Gasteiger partial charge on any atom is 0.278 e. The molecular formula is C25H21ClN2O2. The summed E-state index contributed by atoms with van der Waals surface area (Å²) in [4.78, 5) is 27.8. The summed E-state index contributed by atoms with van der Waals surface area (Å²) < 4.78 is 0. The molecule has 1 aliphatic heterocycles. The zero-order valence-electron chi connectivity index (χ0n) is 16.6. The zero-order valence-corrected chi connectivity index (χ0v) is 17.3. The number of benzene rings is 3. The van der Waals surface area contributed by atoms with E-state index in [1.54, 1.807) is 6.07 Å². The number of rotatable bonds is 6. The Labute approximate surface area is 180 Å². The van der Waals surface area contributed by atoms with Crippen LogP contribution >= 0.6 is 11.6 Å². The van der Waals surface area contributed by atoms with Gasteiger partial charge in [-0.05, 0) is 42.2 Å². The van der Waals surface area contributed by atoms with Crippen molar-refractivity contribution in [2.24, 2.45) is 0 Å². The largest absolute Gasteiger partial charge is 0.350 e. The van der Waals surface area contributed by atoms with Gasteiger partial charge in [0.1, 0.15) is 5.70 Å². The number of carbonyl (C=O) groups excluding carboxylic acids is 2. The van der Waals surface area contributed by atoms with E-state index in [0.717, 1.165) is 11.1 Å². The molecule has 4 nitrogen and oxygen atoms in total. The molecule has 1 aliphatic rings. The fourth-order valence-electron chi connectivity index (χ4n) is 3.47. The minimum atomic E-state index is -0.327. The fourth-order valence-corrected chi connectivity index (χ4v) is 3.65. The van der Waals surface area contributed by atoms with Crippen molar-refractivity contribution >= 4 is 34.7 Å². The molecular weight excluding hydrogens is 396 g/mol. The van der Waals surface area contributed by atoms with E-state index in [4.69, 9.17) is 11.6 Å². The minimum Gasteiger partial charge on any atom is -0.350 e. The first-order valence-electron chi connectivity index (χ1n) is 9.77. The maximum atomic E-state index is 13.2. The summed E-state index contributed by atoms with van der Waals surface area (Å²) in [5, 5.41) is 3.75. The van der Waals surface area contributed by atoms with E-state index in [-0.39, 0.29) is 17.5 Å². The molecule has 0 radical (unpaired) electrons. The number of anilines is 1. The van der Waals surface area contributed by atoms with Crippen LogP contribution in [0.1, 0.15) is 16.7 Å². The maximum absolute atomic E-state index is 13.2. The van der Waals surface area contributed by atoms with Gasteiger partial charge in [0.2, 0.25) is 0 Å². The number of aryl methyl sites for hydroxylation is 1. The first-order chi connectivity index (χ1) is 14.5. The summed E-state index contributed by atoms with van der Waals surface area (Å²) in [6, 6.07) is 24.6. The summed E-state index contributed by atoms with van der Waals surface area (Å²) in [7, 11) is 0. The third-order valence-electron chi connectivity index (χ3n) is 5.14. The molecule has 0 fully saturated rings. The molecule has 150 valence electrons. The van der Waals surface area contributed by atoms with Gasteiger partial charge in [0.15, 0.2) is 0 Å². The predicted molar refractivity (Wildman–Crippen MR) is 120 cm³/mol. The van der Waals surface area contributed by atoms with E-state index in [1.165, 1.54) is 4.90 Å². The number of nitrogens with zero attached hydrogens (tertiary/aromatic N) is 1. The highest BCUT2D eigenvalue weighted by Crippen LogP contribution is 2.31. The van der Waals surface area contributed by atoms with Crippen molar-refractivity contribution < 1.29 is 9.59 Å². The molecule has 0 atom stereocenters. The summed E-state index contributed by atoms with van der Waals surface area (Å²) in [6.07, 6.45) is 0.601. The van der Waals surface area contributed by atoms with Gasteiger partial charge in [0.05, 0.1) is 5.57 Å². The normalized spacial score (nSPS) is 13.9. The Kier molecular flexibility index (Phi) is 5.68. The molecule has 2 amide bonds. The zero-order chi connectivity index (χ0) is 21.1. The molecule has 0 unspecified atom stereocenters. The Bertz CT molecular complexity index is 1120. The minimum absolute atomic E-state index is 0.277. The Morgan fingerprint density at radius 2 is 1.53 bits per heavy atom. The standard InChI is InChI=1S/C25H21ClN2O2/c1-17-12-13-20(16-21(17)26)27-23-22(19-10-6-3-7-11-19)24(29)28(25(23)30)15-14-18-8-4-2-5-9-18/h2-13,16,27H,14-15H2,1H3. The van der Waals surface area contributed by atoms with Gasteiger partial charge in [-0.25, -0.2) is 0 Å². The van der Waals surface area contributed by atoms with Crippen LogP contribution in [-0.2, 0) is 16.0 Å². The first kappa shape index (κ1) is 19.9. The predicted octanol–water partition coefficient (Wildman–Crippen LogP) is 5.08. The third-order valence-corrected chi connectivity index (χ3v) is 5.55. The SMILES string of the molecule is Cc1ccc(NC2=C(c3ccccc3)C(=O)N(CCc3ccccc3)C2=O)cc1Cl. The Morgan fingerprint density at radius 3 is 2.20 bits per heavy atom. The summed E-state index contributed by atoms with van der Waals surface area (Å²) >= 11 is 6.25. The monoisotopic (exact) mass is 416 g/mol. The highest BCUT2D eigenvalue weighted by molar-refractivity contribution is 6.36. The van der Waals surface area contributed by atoms with Crippen LogP contribution in [0.3, 0.4) is 0 Å². The van der Waals surface area contributed by atoms with Crippen LogP contribution in [0.2, 0.25) is 5.02 Å². The summed E-state index contributed by atoms with van der Waals surface area (Å²) in [5.41, 5.74) is 4.05. The third kappa shape index (κ3) is 4.00. The second kappa shape index (κ2) is 8.56. The van der Waals surface area contributed by atoms with Crippen molar-refractivity contribution in [2.45, 2.75) is 13.3 Å². The number of hydrogen-bond acceptors (Lipinski definition) is 3. The molecule has 1 N–H and O–H groups in total. The van der Waals surface area contributed by atoms with E-state index in [0.29, 0.717) is 34.8 Å². The molecule has 5 heteroatoms. The van der Waals surface area contributed by atoms with Gasteiger partial charge in [-0.1, -0.05) is 78.3 Å². The van der Waals surface area contributed by atoms with Gasteiger partial charge < -0.3 is 5.32 Å². The number of imide groups is 1.